The molecule has 0 aliphatic carbocycles. The molecule has 0 saturated heterocycles. The third-order valence-corrected chi connectivity index (χ3v) is 3.08. The third kappa shape index (κ3) is 12.4. The Labute approximate surface area is 140 Å². The maximum atomic E-state index is 11.5. The Morgan fingerprint density at radius 3 is 2.48 bits per heavy atom. The van der Waals surface area contributed by atoms with Crippen molar-refractivity contribution in [3.05, 3.63) is 48.6 Å². The number of ether oxygens (including phenoxy) is 2. The van der Waals surface area contributed by atoms with Crippen molar-refractivity contribution in [3.63, 3.8) is 0 Å². The van der Waals surface area contributed by atoms with Crippen LogP contribution < -0.4 is 10.6 Å². The highest BCUT2D eigenvalue weighted by Crippen LogP contribution is 2.02. The van der Waals surface area contributed by atoms with Gasteiger partial charge in [0.05, 0.1) is 0 Å². The van der Waals surface area contributed by atoms with Crippen molar-refractivity contribution in [3.8, 4) is 0 Å². The fraction of sp³-hybridized carbons (Fsp3) is 0.500. The molecule has 1 amide bonds. The van der Waals surface area contributed by atoms with Crippen molar-refractivity contribution in [2.24, 2.45) is 0 Å². The lowest BCUT2D eigenvalue weighted by Gasteiger charge is -2.11. The Bertz CT molecular complexity index is 410. The summed E-state index contributed by atoms with van der Waals surface area (Å²) in [6.07, 6.45) is 4.55. The minimum Gasteiger partial charge on any atom is -0.445 e. The number of carbonyl (C=O) groups is 1. The van der Waals surface area contributed by atoms with Crippen LogP contribution in [-0.2, 0) is 16.1 Å². The maximum absolute atomic E-state index is 11.5. The van der Waals surface area contributed by atoms with Gasteiger partial charge in [-0.15, -0.1) is 6.58 Å². The summed E-state index contributed by atoms with van der Waals surface area (Å²) >= 11 is 0. The first-order chi connectivity index (χ1) is 11.2. The molecule has 0 saturated carbocycles. The molecular formula is C18H30N2O3. The van der Waals surface area contributed by atoms with Crippen molar-refractivity contribution in [2.75, 3.05) is 27.8 Å². The lowest BCUT2D eigenvalue weighted by atomic mass is 10.1. The van der Waals surface area contributed by atoms with Gasteiger partial charge in [-0.25, -0.2) is 4.79 Å². The van der Waals surface area contributed by atoms with Crippen LogP contribution in [-0.4, -0.2) is 39.9 Å². The van der Waals surface area contributed by atoms with Gasteiger partial charge in [0, 0.05) is 26.8 Å². The molecule has 5 heteroatoms. The number of rotatable bonds is 9. The number of unbranched alkanes of at least 4 members (excludes halogenated alkanes) is 1. The van der Waals surface area contributed by atoms with Crippen molar-refractivity contribution in [1.29, 1.82) is 0 Å². The molecule has 0 bridgehead atoms. The van der Waals surface area contributed by atoms with Crippen LogP contribution in [0.2, 0.25) is 0 Å². The first-order valence-corrected chi connectivity index (χ1v) is 7.82. The molecule has 0 aliphatic heterocycles. The van der Waals surface area contributed by atoms with Crippen molar-refractivity contribution in [1.82, 2.24) is 10.6 Å². The number of nitrogens with one attached hydrogen (secondary N) is 2. The highest BCUT2D eigenvalue weighted by molar-refractivity contribution is 5.67. The number of carbonyl (C=O) groups excluding carboxylic acids is 1. The van der Waals surface area contributed by atoms with E-state index in [-0.39, 0.29) is 6.09 Å². The van der Waals surface area contributed by atoms with E-state index in [1.54, 1.807) is 14.2 Å². The summed E-state index contributed by atoms with van der Waals surface area (Å²) in [5.74, 6) is 0. The van der Waals surface area contributed by atoms with Gasteiger partial charge in [0.1, 0.15) is 6.61 Å². The van der Waals surface area contributed by atoms with Crippen LogP contribution in [0.5, 0.6) is 0 Å². The van der Waals surface area contributed by atoms with Crippen LogP contribution in [0.25, 0.3) is 0 Å². The zero-order valence-corrected chi connectivity index (χ0v) is 14.5. The van der Waals surface area contributed by atoms with Crippen LogP contribution >= 0.6 is 0 Å². The first-order valence-electron chi connectivity index (χ1n) is 7.82. The summed E-state index contributed by atoms with van der Waals surface area (Å²) in [7, 11) is 5.17. The summed E-state index contributed by atoms with van der Waals surface area (Å²) in [4.78, 5) is 11.5. The fourth-order valence-electron chi connectivity index (χ4n) is 1.83. The molecule has 0 spiro atoms. The van der Waals surface area contributed by atoms with Gasteiger partial charge in [-0.2, -0.15) is 0 Å². The third-order valence-electron chi connectivity index (χ3n) is 3.08. The molecule has 0 fully saturated rings. The van der Waals surface area contributed by atoms with Crippen LogP contribution in [0.1, 0.15) is 24.8 Å². The molecule has 0 heterocycles. The van der Waals surface area contributed by atoms with Gasteiger partial charge in [0.15, 0.2) is 0 Å². The molecule has 2 N–H and O–H groups in total. The predicted octanol–water partition coefficient (Wildman–Crippen LogP) is 3.12. The van der Waals surface area contributed by atoms with Crippen LogP contribution in [0.4, 0.5) is 4.79 Å². The van der Waals surface area contributed by atoms with E-state index >= 15 is 0 Å². The summed E-state index contributed by atoms with van der Waals surface area (Å²) in [5.41, 5.74) is 0.991. The Kier molecular flexibility index (Phi) is 13.8. The van der Waals surface area contributed by atoms with Crippen molar-refractivity contribution in [2.45, 2.75) is 31.9 Å². The smallest absolute Gasteiger partial charge is 0.407 e. The SMILES string of the molecule is C=CC(CCCCNC(=O)OCc1ccccc1)NC.COC. The average Bonchev–Trinajstić information content (AvgIpc) is 2.58. The van der Waals surface area contributed by atoms with E-state index in [9.17, 15) is 4.79 Å². The minimum atomic E-state index is -0.359. The van der Waals surface area contributed by atoms with Crippen LogP contribution in [0, 0.1) is 0 Å². The lowest BCUT2D eigenvalue weighted by Crippen LogP contribution is -2.26. The van der Waals surface area contributed by atoms with Crippen LogP contribution in [0.15, 0.2) is 43.0 Å². The van der Waals surface area contributed by atoms with Gasteiger partial charge in [0.2, 0.25) is 0 Å². The highest BCUT2D eigenvalue weighted by Gasteiger charge is 2.03. The van der Waals surface area contributed by atoms with Gasteiger partial charge in [-0.1, -0.05) is 36.4 Å². The normalized spacial score (nSPS) is 10.9. The molecule has 0 radical (unpaired) electrons. The van der Waals surface area contributed by atoms with Gasteiger partial charge in [-0.3, -0.25) is 0 Å². The zero-order valence-electron chi connectivity index (χ0n) is 14.5. The van der Waals surface area contributed by atoms with E-state index in [0.717, 1.165) is 24.8 Å². The molecular weight excluding hydrogens is 292 g/mol. The van der Waals surface area contributed by atoms with E-state index in [4.69, 9.17) is 4.74 Å². The summed E-state index contributed by atoms with van der Waals surface area (Å²) in [6, 6.07) is 9.99. The van der Waals surface area contributed by atoms with Gasteiger partial charge in [-0.05, 0) is 31.9 Å². The predicted molar refractivity (Wildman–Crippen MR) is 94.5 cm³/mol. The molecule has 23 heavy (non-hydrogen) atoms. The van der Waals surface area contributed by atoms with Crippen molar-refractivity contribution < 1.29 is 14.3 Å². The molecule has 130 valence electrons. The second-order valence-corrected chi connectivity index (χ2v) is 5.02. The average molecular weight is 322 g/mol. The summed E-state index contributed by atoms with van der Waals surface area (Å²) in [5, 5.41) is 5.92. The van der Waals surface area contributed by atoms with Gasteiger partial charge >= 0.3 is 6.09 Å². The van der Waals surface area contributed by atoms with E-state index < -0.39 is 0 Å². The Morgan fingerprint density at radius 1 is 1.26 bits per heavy atom. The number of benzene rings is 1. The van der Waals surface area contributed by atoms with E-state index in [0.29, 0.717) is 19.2 Å². The van der Waals surface area contributed by atoms with E-state index in [1.165, 1.54) is 0 Å². The van der Waals surface area contributed by atoms with Gasteiger partial charge in [0.25, 0.3) is 0 Å². The number of hydrogen-bond acceptors (Lipinski definition) is 4. The number of amides is 1. The number of methoxy groups -OCH3 is 1. The Balaban J connectivity index is 0.00000149. The molecule has 0 aliphatic rings. The summed E-state index contributed by atoms with van der Waals surface area (Å²) < 4.78 is 9.37. The highest BCUT2D eigenvalue weighted by atomic mass is 16.5. The molecule has 0 aromatic heterocycles. The minimum absolute atomic E-state index is 0.310. The number of likely N-dealkylation sites (N-methyl/N-ethyl adjacent to an activating group) is 1. The quantitative estimate of drug-likeness (QED) is 0.542. The van der Waals surface area contributed by atoms with E-state index in [1.807, 2.05) is 43.5 Å². The molecule has 1 aromatic rings. The van der Waals surface area contributed by atoms with Crippen molar-refractivity contribution >= 4 is 6.09 Å². The molecule has 1 rings (SSSR count). The lowest BCUT2D eigenvalue weighted by molar-refractivity contribution is 0.139. The fourth-order valence-corrected chi connectivity index (χ4v) is 1.83. The topological polar surface area (TPSA) is 59.6 Å². The summed E-state index contributed by atoms with van der Waals surface area (Å²) in [6.45, 7) is 4.71. The maximum Gasteiger partial charge on any atom is 0.407 e. The van der Waals surface area contributed by atoms with E-state index in [2.05, 4.69) is 21.9 Å². The molecule has 5 nitrogen and oxygen atoms in total. The number of alkyl carbamates (subject to hydrolysis) is 1. The Hall–Kier alpha value is -1.85. The largest absolute Gasteiger partial charge is 0.445 e. The zero-order chi connectivity index (χ0) is 17.3. The first kappa shape index (κ1) is 21.1. The van der Waals surface area contributed by atoms with Gasteiger partial charge < -0.3 is 20.1 Å². The number of hydrogen-bond donors (Lipinski definition) is 2. The molecule has 1 atom stereocenters. The second-order valence-electron chi connectivity index (χ2n) is 5.02. The Morgan fingerprint density at radius 2 is 1.91 bits per heavy atom. The standard InChI is InChI=1S/C16H24N2O2.C2H6O/c1-3-15(17-2)11-7-8-12-18-16(19)20-13-14-9-5-4-6-10-14;1-3-2/h3-6,9-10,15,17H,1,7-8,11-13H2,2H3,(H,18,19);1-2H3. The van der Waals surface area contributed by atoms with Crippen LogP contribution in [0.3, 0.4) is 0 Å². The second kappa shape index (κ2) is 15.1. The molecule has 1 unspecified atom stereocenters. The molecule has 1 aromatic carbocycles. The monoisotopic (exact) mass is 322 g/mol.